The number of para-hydroxylation sites is 2. The van der Waals surface area contributed by atoms with Crippen LogP contribution in [0.2, 0.25) is 0 Å². The first-order chi connectivity index (χ1) is 15.5. The molecular formula is C25H25FN4OS. The molecule has 0 spiro atoms. The molecule has 2 aromatic carbocycles. The Balaban J connectivity index is 1.58. The average Bonchev–Trinajstić information content (AvgIpc) is 3.11. The molecule has 0 atom stereocenters. The van der Waals surface area contributed by atoms with Crippen molar-refractivity contribution in [3.05, 3.63) is 89.6 Å². The lowest BCUT2D eigenvalue weighted by atomic mass is 10.1. The highest BCUT2D eigenvalue weighted by atomic mass is 32.1. The van der Waals surface area contributed by atoms with E-state index in [0.717, 1.165) is 39.2 Å². The normalized spacial score (nSPS) is 10.8. The van der Waals surface area contributed by atoms with Crippen molar-refractivity contribution in [3.8, 4) is 5.75 Å². The number of hydrogen-bond acceptors (Lipinski definition) is 3. The molecule has 0 saturated carbocycles. The number of anilines is 1. The second-order valence-corrected chi connectivity index (χ2v) is 7.96. The molecule has 0 fully saturated rings. The van der Waals surface area contributed by atoms with Crippen molar-refractivity contribution in [3.63, 3.8) is 0 Å². The number of aromatic nitrogens is 2. The monoisotopic (exact) mass is 448 g/mol. The Morgan fingerprint density at radius 1 is 1.16 bits per heavy atom. The summed E-state index contributed by atoms with van der Waals surface area (Å²) in [5.41, 5.74) is 4.99. The van der Waals surface area contributed by atoms with Crippen molar-refractivity contribution in [1.29, 1.82) is 0 Å². The topological polar surface area (TPSA) is 53.2 Å². The van der Waals surface area contributed by atoms with E-state index in [1.807, 2.05) is 43.3 Å². The Bertz CT molecular complexity index is 1230. The van der Waals surface area contributed by atoms with Gasteiger partial charge in [0.2, 0.25) is 0 Å². The van der Waals surface area contributed by atoms with Crippen LogP contribution in [0.3, 0.4) is 0 Å². The Kier molecular flexibility index (Phi) is 6.66. The summed E-state index contributed by atoms with van der Waals surface area (Å²) in [5, 5.41) is 4.83. The number of thiocarbonyl (C=S) groups is 1. The molecule has 0 radical (unpaired) electrons. The smallest absolute Gasteiger partial charge is 0.173 e. The molecule has 5 nitrogen and oxygen atoms in total. The lowest BCUT2D eigenvalue weighted by Crippen LogP contribution is -2.36. The molecule has 0 bridgehead atoms. The fourth-order valence-corrected chi connectivity index (χ4v) is 4.09. The summed E-state index contributed by atoms with van der Waals surface area (Å²) in [5.74, 6) is 0.487. The maximum Gasteiger partial charge on any atom is 0.173 e. The summed E-state index contributed by atoms with van der Waals surface area (Å²) >= 11 is 5.78. The van der Waals surface area contributed by atoms with Crippen LogP contribution in [-0.2, 0) is 13.0 Å². The molecule has 2 heterocycles. The molecule has 0 saturated heterocycles. The van der Waals surface area contributed by atoms with Crippen molar-refractivity contribution >= 4 is 33.9 Å². The number of nitrogens with zero attached hydrogens (tertiary/aromatic N) is 2. The largest absolute Gasteiger partial charge is 0.495 e. The van der Waals surface area contributed by atoms with Crippen molar-refractivity contribution in [2.45, 2.75) is 19.9 Å². The van der Waals surface area contributed by atoms with Gasteiger partial charge in [0.1, 0.15) is 11.6 Å². The number of halogens is 1. The zero-order valence-electron chi connectivity index (χ0n) is 18.1. The van der Waals surface area contributed by atoms with Crippen LogP contribution >= 0.6 is 12.2 Å². The fraction of sp³-hybridized carbons (Fsp3) is 0.200. The summed E-state index contributed by atoms with van der Waals surface area (Å²) in [6.07, 6.45) is 4.27. The van der Waals surface area contributed by atoms with Crippen molar-refractivity contribution < 1.29 is 9.13 Å². The molecule has 164 valence electrons. The zero-order chi connectivity index (χ0) is 22.5. The van der Waals surface area contributed by atoms with Crippen LogP contribution in [0.4, 0.5) is 10.1 Å². The first kappa shape index (κ1) is 21.8. The van der Waals surface area contributed by atoms with E-state index in [1.165, 1.54) is 6.07 Å². The molecule has 0 unspecified atom stereocenters. The summed E-state index contributed by atoms with van der Waals surface area (Å²) < 4.78 is 19.3. The number of nitrogens with one attached hydrogen (secondary N) is 2. The number of methoxy groups -OCH3 is 1. The van der Waals surface area contributed by atoms with E-state index in [2.05, 4.69) is 20.2 Å². The molecule has 2 N–H and O–H groups in total. The van der Waals surface area contributed by atoms with E-state index < -0.39 is 0 Å². The van der Waals surface area contributed by atoms with Crippen molar-refractivity contribution in [2.24, 2.45) is 0 Å². The van der Waals surface area contributed by atoms with Gasteiger partial charge in [0.15, 0.2) is 5.11 Å². The van der Waals surface area contributed by atoms with Gasteiger partial charge >= 0.3 is 0 Å². The number of ether oxygens (including phenoxy) is 1. The molecule has 4 rings (SSSR count). The van der Waals surface area contributed by atoms with E-state index in [4.69, 9.17) is 17.0 Å². The number of aryl methyl sites for hydroxylation is 1. The average molecular weight is 449 g/mol. The predicted molar refractivity (Wildman–Crippen MR) is 131 cm³/mol. The molecule has 32 heavy (non-hydrogen) atoms. The Morgan fingerprint density at radius 3 is 2.72 bits per heavy atom. The molecule has 4 aromatic rings. The lowest BCUT2D eigenvalue weighted by molar-refractivity contribution is 0.414. The Labute approximate surface area is 192 Å². The highest BCUT2D eigenvalue weighted by molar-refractivity contribution is 7.80. The standard InChI is InChI=1S/C25H25FN4OS/c1-17-20(21-15-19(26)7-8-22(21)28-17)11-14-30(16-18-9-12-27-13-10-18)25(32)29-23-5-3-4-6-24(23)31-2/h3-10,12-13,15,28H,11,14,16H2,1-2H3,(H,29,32). The van der Waals surface area contributed by atoms with Crippen LogP contribution in [0.5, 0.6) is 5.75 Å². The van der Waals surface area contributed by atoms with Crippen molar-refractivity contribution in [1.82, 2.24) is 14.9 Å². The maximum absolute atomic E-state index is 13.9. The fourth-order valence-electron chi connectivity index (χ4n) is 3.83. The predicted octanol–water partition coefficient (Wildman–Crippen LogP) is 5.46. The van der Waals surface area contributed by atoms with E-state index in [0.29, 0.717) is 24.6 Å². The van der Waals surface area contributed by atoms with Crippen LogP contribution in [0, 0.1) is 12.7 Å². The number of pyridine rings is 1. The Morgan fingerprint density at radius 2 is 1.94 bits per heavy atom. The van der Waals surface area contributed by atoms with Crippen molar-refractivity contribution in [2.75, 3.05) is 19.0 Å². The maximum atomic E-state index is 13.9. The SMILES string of the molecule is COc1ccccc1NC(=S)N(CCc1c(C)[nH]c2ccc(F)cc12)Cc1ccncc1. The van der Waals surface area contributed by atoms with Gasteiger partial charge in [0.05, 0.1) is 12.8 Å². The minimum absolute atomic E-state index is 0.236. The molecule has 0 amide bonds. The second-order valence-electron chi connectivity index (χ2n) is 7.58. The summed E-state index contributed by atoms with van der Waals surface area (Å²) in [6, 6.07) is 16.5. The molecule has 0 aliphatic heterocycles. The molecule has 0 aliphatic rings. The van der Waals surface area contributed by atoms with Crippen LogP contribution in [-0.4, -0.2) is 33.6 Å². The number of rotatable bonds is 7. The molecular weight excluding hydrogens is 423 g/mol. The number of aromatic amines is 1. The summed E-state index contributed by atoms with van der Waals surface area (Å²) in [6.45, 7) is 3.30. The third kappa shape index (κ3) is 4.89. The molecule has 0 aliphatic carbocycles. The van der Waals surface area contributed by atoms with E-state index >= 15 is 0 Å². The second kappa shape index (κ2) is 9.78. The number of hydrogen-bond donors (Lipinski definition) is 2. The van der Waals surface area contributed by atoms with Crippen LogP contribution < -0.4 is 10.1 Å². The van der Waals surface area contributed by atoms with Gasteiger partial charge in [-0.3, -0.25) is 4.98 Å². The van der Waals surface area contributed by atoms with Crippen LogP contribution in [0.15, 0.2) is 67.0 Å². The van der Waals surface area contributed by atoms with Gasteiger partial charge in [-0.25, -0.2) is 4.39 Å². The number of benzene rings is 2. The minimum Gasteiger partial charge on any atom is -0.495 e. The van der Waals surface area contributed by atoms with Crippen LogP contribution in [0.25, 0.3) is 10.9 Å². The minimum atomic E-state index is -0.236. The van der Waals surface area contributed by atoms with Gasteiger partial charge in [-0.15, -0.1) is 0 Å². The van der Waals surface area contributed by atoms with E-state index in [9.17, 15) is 4.39 Å². The van der Waals surface area contributed by atoms with Crippen LogP contribution in [0.1, 0.15) is 16.8 Å². The Hall–Kier alpha value is -3.45. The highest BCUT2D eigenvalue weighted by Gasteiger charge is 2.16. The van der Waals surface area contributed by atoms with Gasteiger partial charge < -0.3 is 19.9 Å². The van der Waals surface area contributed by atoms with E-state index in [-0.39, 0.29) is 5.82 Å². The molecule has 7 heteroatoms. The summed E-state index contributed by atoms with van der Waals surface area (Å²) in [4.78, 5) is 9.56. The van der Waals surface area contributed by atoms with Gasteiger partial charge in [0.25, 0.3) is 0 Å². The van der Waals surface area contributed by atoms with Gasteiger partial charge in [-0.2, -0.15) is 0 Å². The third-order valence-electron chi connectivity index (χ3n) is 5.47. The van der Waals surface area contributed by atoms with Gasteiger partial charge in [-0.05, 0) is 79.2 Å². The quantitative estimate of drug-likeness (QED) is 0.368. The van der Waals surface area contributed by atoms with Gasteiger partial charge in [-0.1, -0.05) is 12.1 Å². The zero-order valence-corrected chi connectivity index (χ0v) is 18.9. The number of fused-ring (bicyclic) bond motifs is 1. The van der Waals surface area contributed by atoms with Gasteiger partial charge in [0, 0.05) is 42.1 Å². The lowest BCUT2D eigenvalue weighted by Gasteiger charge is -2.26. The summed E-state index contributed by atoms with van der Waals surface area (Å²) in [7, 11) is 1.64. The third-order valence-corrected chi connectivity index (χ3v) is 5.83. The first-order valence-corrected chi connectivity index (χ1v) is 10.8. The highest BCUT2D eigenvalue weighted by Crippen LogP contribution is 2.26. The number of H-pyrrole nitrogens is 1. The molecule has 2 aromatic heterocycles. The van der Waals surface area contributed by atoms with E-state index in [1.54, 1.807) is 31.6 Å². The first-order valence-electron chi connectivity index (χ1n) is 10.4.